The van der Waals surface area contributed by atoms with Gasteiger partial charge < -0.3 is 9.80 Å². The second kappa shape index (κ2) is 5.21. The first-order valence-corrected chi connectivity index (χ1v) is 7.28. The molecule has 112 valence electrons. The lowest BCUT2D eigenvalue weighted by Gasteiger charge is -2.36. The fourth-order valence-electron chi connectivity index (χ4n) is 2.77. The number of aromatic nitrogens is 6. The molecule has 1 aliphatic rings. The van der Waals surface area contributed by atoms with Gasteiger partial charge in [-0.3, -0.25) is 0 Å². The van der Waals surface area contributed by atoms with E-state index < -0.39 is 0 Å². The van der Waals surface area contributed by atoms with Crippen LogP contribution in [0.25, 0.3) is 5.78 Å². The van der Waals surface area contributed by atoms with E-state index in [1.807, 2.05) is 37.4 Å². The van der Waals surface area contributed by atoms with Crippen molar-refractivity contribution in [1.82, 2.24) is 30.0 Å². The monoisotopic (exact) mass is 296 g/mol. The van der Waals surface area contributed by atoms with E-state index in [1.54, 1.807) is 4.52 Å². The maximum Gasteiger partial charge on any atom is 0.275 e. The average molecular weight is 296 g/mol. The smallest absolute Gasteiger partial charge is 0.275 e. The summed E-state index contributed by atoms with van der Waals surface area (Å²) in [5.41, 5.74) is 0.921. The SMILES string of the molecule is Cc1cc(N2CCN(c3ccccn3)CC2)n2nnnc2n1. The maximum absolute atomic E-state index is 4.42. The van der Waals surface area contributed by atoms with Crippen LogP contribution >= 0.6 is 0 Å². The second-order valence-corrected chi connectivity index (χ2v) is 5.31. The number of hydrogen-bond acceptors (Lipinski definition) is 7. The lowest BCUT2D eigenvalue weighted by atomic mass is 10.3. The number of tetrazole rings is 1. The molecule has 3 aromatic rings. The van der Waals surface area contributed by atoms with Crippen LogP contribution in [-0.2, 0) is 0 Å². The molecule has 0 N–H and O–H groups in total. The van der Waals surface area contributed by atoms with Crippen molar-refractivity contribution in [2.24, 2.45) is 0 Å². The molecule has 4 heterocycles. The Hall–Kier alpha value is -2.77. The van der Waals surface area contributed by atoms with Crippen LogP contribution in [0.15, 0.2) is 30.5 Å². The highest BCUT2D eigenvalue weighted by Crippen LogP contribution is 2.19. The van der Waals surface area contributed by atoms with E-state index in [0.717, 1.165) is 43.5 Å². The molecular weight excluding hydrogens is 280 g/mol. The van der Waals surface area contributed by atoms with Crippen LogP contribution in [0.1, 0.15) is 5.69 Å². The van der Waals surface area contributed by atoms with Crippen molar-refractivity contribution >= 4 is 17.4 Å². The van der Waals surface area contributed by atoms with Gasteiger partial charge in [0.15, 0.2) is 0 Å². The Morgan fingerprint density at radius 1 is 1.05 bits per heavy atom. The third kappa shape index (κ3) is 2.22. The molecule has 3 aromatic heterocycles. The van der Waals surface area contributed by atoms with Crippen LogP contribution < -0.4 is 9.80 Å². The Labute approximate surface area is 127 Å². The minimum absolute atomic E-state index is 0.544. The van der Waals surface area contributed by atoms with Crippen LogP contribution in [0.5, 0.6) is 0 Å². The van der Waals surface area contributed by atoms with Gasteiger partial charge in [-0.2, -0.15) is 4.52 Å². The molecular formula is C14H16N8. The first-order valence-electron chi connectivity index (χ1n) is 7.28. The van der Waals surface area contributed by atoms with Crippen LogP contribution in [0.2, 0.25) is 0 Å². The molecule has 0 unspecified atom stereocenters. The zero-order valence-electron chi connectivity index (χ0n) is 12.3. The standard InChI is InChI=1S/C14H16N8/c1-11-10-13(22-14(16-11)17-18-19-22)21-8-6-20(7-9-21)12-4-2-3-5-15-12/h2-5,10H,6-9H2,1H3. The first kappa shape index (κ1) is 12.9. The Morgan fingerprint density at radius 2 is 1.86 bits per heavy atom. The molecule has 0 spiro atoms. The van der Waals surface area contributed by atoms with Crippen molar-refractivity contribution in [3.05, 3.63) is 36.2 Å². The van der Waals surface area contributed by atoms with Gasteiger partial charge in [0.1, 0.15) is 11.6 Å². The summed E-state index contributed by atoms with van der Waals surface area (Å²) in [5, 5.41) is 11.7. The summed E-state index contributed by atoms with van der Waals surface area (Å²) in [7, 11) is 0. The minimum Gasteiger partial charge on any atom is -0.353 e. The summed E-state index contributed by atoms with van der Waals surface area (Å²) < 4.78 is 1.70. The average Bonchev–Trinajstić information content (AvgIpc) is 3.03. The molecule has 22 heavy (non-hydrogen) atoms. The van der Waals surface area contributed by atoms with E-state index in [1.165, 1.54) is 0 Å². The summed E-state index contributed by atoms with van der Waals surface area (Å²) in [6.45, 7) is 5.59. The van der Waals surface area contributed by atoms with E-state index in [9.17, 15) is 0 Å². The van der Waals surface area contributed by atoms with Crippen molar-refractivity contribution in [2.75, 3.05) is 36.0 Å². The zero-order chi connectivity index (χ0) is 14.9. The highest BCUT2D eigenvalue weighted by atomic mass is 15.6. The summed E-state index contributed by atoms with van der Waals surface area (Å²) >= 11 is 0. The van der Waals surface area contributed by atoms with E-state index >= 15 is 0 Å². The molecule has 1 saturated heterocycles. The van der Waals surface area contributed by atoms with Crippen LogP contribution in [0.4, 0.5) is 11.6 Å². The number of hydrogen-bond donors (Lipinski definition) is 0. The molecule has 0 atom stereocenters. The van der Waals surface area contributed by atoms with Crippen molar-refractivity contribution < 1.29 is 0 Å². The molecule has 8 nitrogen and oxygen atoms in total. The summed E-state index contributed by atoms with van der Waals surface area (Å²) in [4.78, 5) is 13.3. The lowest BCUT2D eigenvalue weighted by molar-refractivity contribution is 0.630. The molecule has 4 rings (SSSR count). The molecule has 1 fully saturated rings. The predicted molar refractivity (Wildman–Crippen MR) is 82.0 cm³/mol. The van der Waals surface area contributed by atoms with Crippen molar-refractivity contribution in [1.29, 1.82) is 0 Å². The quantitative estimate of drug-likeness (QED) is 0.683. The van der Waals surface area contributed by atoms with E-state index in [0.29, 0.717) is 5.78 Å². The number of aryl methyl sites for hydroxylation is 1. The lowest BCUT2D eigenvalue weighted by Crippen LogP contribution is -2.47. The number of nitrogens with zero attached hydrogens (tertiary/aromatic N) is 8. The topological polar surface area (TPSA) is 75.3 Å². The normalized spacial score (nSPS) is 15.5. The summed E-state index contributed by atoms with van der Waals surface area (Å²) in [5.74, 6) is 2.57. The third-order valence-corrected chi connectivity index (χ3v) is 3.86. The molecule has 8 heteroatoms. The molecule has 0 saturated carbocycles. The fourth-order valence-corrected chi connectivity index (χ4v) is 2.77. The van der Waals surface area contributed by atoms with Gasteiger partial charge in [-0.05, 0) is 29.5 Å². The van der Waals surface area contributed by atoms with Crippen molar-refractivity contribution in [2.45, 2.75) is 6.92 Å². The fraction of sp³-hybridized carbons (Fsp3) is 0.357. The highest BCUT2D eigenvalue weighted by Gasteiger charge is 2.21. The molecule has 0 aromatic carbocycles. The van der Waals surface area contributed by atoms with Crippen molar-refractivity contribution in [3.8, 4) is 0 Å². The van der Waals surface area contributed by atoms with Gasteiger partial charge in [-0.1, -0.05) is 11.2 Å². The first-order chi connectivity index (χ1) is 10.8. The van der Waals surface area contributed by atoms with Gasteiger partial charge in [0.05, 0.1) is 0 Å². The Morgan fingerprint density at radius 3 is 2.64 bits per heavy atom. The summed E-state index contributed by atoms with van der Waals surface area (Å²) in [6.07, 6.45) is 1.83. The van der Waals surface area contributed by atoms with Gasteiger partial charge in [0.25, 0.3) is 5.78 Å². The Balaban J connectivity index is 1.57. The number of rotatable bonds is 2. The van der Waals surface area contributed by atoms with Gasteiger partial charge in [-0.25, -0.2) is 9.97 Å². The van der Waals surface area contributed by atoms with E-state index in [-0.39, 0.29) is 0 Å². The van der Waals surface area contributed by atoms with Crippen LogP contribution in [-0.4, -0.2) is 56.2 Å². The minimum atomic E-state index is 0.544. The number of pyridine rings is 1. The maximum atomic E-state index is 4.42. The third-order valence-electron chi connectivity index (χ3n) is 3.86. The van der Waals surface area contributed by atoms with Gasteiger partial charge in [0.2, 0.25) is 0 Å². The molecule has 0 bridgehead atoms. The second-order valence-electron chi connectivity index (χ2n) is 5.31. The van der Waals surface area contributed by atoms with E-state index in [2.05, 4.69) is 35.3 Å². The van der Waals surface area contributed by atoms with Crippen LogP contribution in [0.3, 0.4) is 0 Å². The van der Waals surface area contributed by atoms with Gasteiger partial charge >= 0.3 is 0 Å². The number of fused-ring (bicyclic) bond motifs is 1. The summed E-state index contributed by atoms with van der Waals surface area (Å²) in [6, 6.07) is 8.03. The molecule has 0 radical (unpaired) electrons. The predicted octanol–water partition coefficient (Wildman–Crippen LogP) is 0.549. The highest BCUT2D eigenvalue weighted by molar-refractivity contribution is 5.49. The van der Waals surface area contributed by atoms with E-state index in [4.69, 9.17) is 0 Å². The van der Waals surface area contributed by atoms with Crippen molar-refractivity contribution in [3.63, 3.8) is 0 Å². The Bertz CT molecular complexity index is 776. The Kier molecular flexibility index (Phi) is 3.06. The zero-order valence-corrected chi connectivity index (χ0v) is 12.3. The largest absolute Gasteiger partial charge is 0.353 e. The number of piperazine rings is 1. The molecule has 0 amide bonds. The number of anilines is 2. The molecule has 0 aliphatic carbocycles. The van der Waals surface area contributed by atoms with Crippen LogP contribution in [0, 0.1) is 6.92 Å². The van der Waals surface area contributed by atoms with Gasteiger partial charge in [-0.15, -0.1) is 0 Å². The molecule has 1 aliphatic heterocycles. The van der Waals surface area contributed by atoms with Gasteiger partial charge in [0, 0.05) is 44.1 Å².